The Morgan fingerprint density at radius 1 is 1.27 bits per heavy atom. The Balaban J connectivity index is 1.86. The standard InChI is InChI=1S/C17H20ClN3O4S/c1-3-6-20-7-8-21-11-13(10-15(21)17(20)22)26(23,24)19-12-4-5-16(25-2)14(18)9-12/h4-5,9-11,19H,3,6-8H2,1-2H3. The fourth-order valence-electron chi connectivity index (χ4n) is 2.91. The molecule has 140 valence electrons. The van der Waals surface area contributed by atoms with Gasteiger partial charge in [-0.1, -0.05) is 18.5 Å². The van der Waals surface area contributed by atoms with Crippen molar-refractivity contribution in [3.05, 3.63) is 41.2 Å². The van der Waals surface area contributed by atoms with Gasteiger partial charge in [-0.3, -0.25) is 9.52 Å². The molecule has 0 saturated carbocycles. The third-order valence-electron chi connectivity index (χ3n) is 4.20. The first-order chi connectivity index (χ1) is 12.4. The lowest BCUT2D eigenvalue weighted by molar-refractivity contribution is 0.0705. The third kappa shape index (κ3) is 3.52. The lowest BCUT2D eigenvalue weighted by Gasteiger charge is -2.27. The predicted molar refractivity (Wildman–Crippen MR) is 99.4 cm³/mol. The van der Waals surface area contributed by atoms with Crippen LogP contribution < -0.4 is 9.46 Å². The van der Waals surface area contributed by atoms with Gasteiger partial charge < -0.3 is 14.2 Å². The molecule has 2 aromatic rings. The van der Waals surface area contributed by atoms with Crippen LogP contribution in [0.25, 0.3) is 0 Å². The van der Waals surface area contributed by atoms with E-state index in [1.54, 1.807) is 21.6 Å². The lowest BCUT2D eigenvalue weighted by Crippen LogP contribution is -2.40. The highest BCUT2D eigenvalue weighted by atomic mass is 35.5. The largest absolute Gasteiger partial charge is 0.495 e. The number of hydrogen-bond donors (Lipinski definition) is 1. The predicted octanol–water partition coefficient (Wildman–Crippen LogP) is 2.82. The van der Waals surface area contributed by atoms with Crippen molar-refractivity contribution in [2.45, 2.75) is 24.8 Å². The SMILES string of the molecule is CCCN1CCn2cc(S(=O)(=O)Nc3ccc(OC)c(Cl)c3)cc2C1=O. The van der Waals surface area contributed by atoms with Crippen LogP contribution in [-0.2, 0) is 16.6 Å². The number of anilines is 1. The first kappa shape index (κ1) is 18.6. The molecule has 1 aliphatic rings. The molecule has 0 spiro atoms. The minimum absolute atomic E-state index is 0.0474. The molecule has 0 radical (unpaired) electrons. The monoisotopic (exact) mass is 397 g/mol. The maximum atomic E-state index is 12.7. The molecule has 3 rings (SSSR count). The topological polar surface area (TPSA) is 80.6 Å². The van der Waals surface area contributed by atoms with E-state index in [0.717, 1.165) is 6.42 Å². The Labute approximate surface area is 157 Å². The fraction of sp³-hybridized carbons (Fsp3) is 0.353. The van der Waals surface area contributed by atoms with Gasteiger partial charge in [0.25, 0.3) is 15.9 Å². The van der Waals surface area contributed by atoms with Gasteiger partial charge in [-0.2, -0.15) is 0 Å². The van der Waals surface area contributed by atoms with E-state index in [0.29, 0.717) is 41.8 Å². The summed E-state index contributed by atoms with van der Waals surface area (Å²) in [6.07, 6.45) is 2.35. The summed E-state index contributed by atoms with van der Waals surface area (Å²) in [5, 5.41) is 0.300. The summed E-state index contributed by atoms with van der Waals surface area (Å²) in [4.78, 5) is 14.3. The number of hydrogen-bond acceptors (Lipinski definition) is 4. The summed E-state index contributed by atoms with van der Waals surface area (Å²) in [5.41, 5.74) is 0.705. The van der Waals surface area contributed by atoms with Gasteiger partial charge in [-0.05, 0) is 30.7 Å². The van der Waals surface area contributed by atoms with Crippen molar-refractivity contribution in [1.29, 1.82) is 0 Å². The molecule has 2 heterocycles. The molecule has 0 fully saturated rings. The molecular weight excluding hydrogens is 378 g/mol. The smallest absolute Gasteiger partial charge is 0.270 e. The average molecular weight is 398 g/mol. The first-order valence-electron chi connectivity index (χ1n) is 8.21. The fourth-order valence-corrected chi connectivity index (χ4v) is 4.26. The number of ether oxygens (including phenoxy) is 1. The van der Waals surface area contributed by atoms with Crippen molar-refractivity contribution in [3.8, 4) is 5.75 Å². The van der Waals surface area contributed by atoms with E-state index >= 15 is 0 Å². The second-order valence-corrected chi connectivity index (χ2v) is 8.09. The van der Waals surface area contributed by atoms with Crippen molar-refractivity contribution in [2.24, 2.45) is 0 Å². The summed E-state index contributed by atoms with van der Waals surface area (Å²) in [6, 6.07) is 6.03. The van der Waals surface area contributed by atoms with Crippen molar-refractivity contribution < 1.29 is 17.9 Å². The van der Waals surface area contributed by atoms with Gasteiger partial charge in [0.15, 0.2) is 0 Å². The van der Waals surface area contributed by atoms with Crippen LogP contribution in [0.15, 0.2) is 35.4 Å². The summed E-state index contributed by atoms with van der Waals surface area (Å²) in [6.45, 7) is 3.82. The van der Waals surface area contributed by atoms with Crippen molar-refractivity contribution in [2.75, 3.05) is 24.9 Å². The molecule has 0 atom stereocenters. The zero-order chi connectivity index (χ0) is 18.9. The van der Waals surface area contributed by atoms with E-state index in [4.69, 9.17) is 16.3 Å². The van der Waals surface area contributed by atoms with Crippen LogP contribution >= 0.6 is 11.6 Å². The molecule has 1 aromatic carbocycles. The average Bonchev–Trinajstić information content (AvgIpc) is 3.03. The highest BCUT2D eigenvalue weighted by Gasteiger charge is 2.28. The third-order valence-corrected chi connectivity index (χ3v) is 5.84. The lowest BCUT2D eigenvalue weighted by atomic mass is 10.2. The number of fused-ring (bicyclic) bond motifs is 1. The van der Waals surface area contributed by atoms with Crippen LogP contribution in [-0.4, -0.2) is 44.0 Å². The summed E-state index contributed by atoms with van der Waals surface area (Å²) in [5.74, 6) is 0.308. The van der Waals surface area contributed by atoms with Gasteiger partial charge in [0.1, 0.15) is 16.3 Å². The van der Waals surface area contributed by atoms with Gasteiger partial charge in [-0.15, -0.1) is 0 Å². The van der Waals surface area contributed by atoms with E-state index in [1.807, 2.05) is 6.92 Å². The van der Waals surface area contributed by atoms with E-state index in [1.165, 1.54) is 25.4 Å². The number of rotatable bonds is 6. The van der Waals surface area contributed by atoms with E-state index < -0.39 is 10.0 Å². The molecule has 0 saturated heterocycles. The molecule has 1 aromatic heterocycles. The molecule has 1 amide bonds. The molecule has 0 bridgehead atoms. The Morgan fingerprint density at radius 3 is 2.69 bits per heavy atom. The second-order valence-electron chi connectivity index (χ2n) is 6.00. The zero-order valence-electron chi connectivity index (χ0n) is 14.5. The van der Waals surface area contributed by atoms with Crippen molar-refractivity contribution in [3.63, 3.8) is 0 Å². The maximum absolute atomic E-state index is 12.7. The molecule has 7 nitrogen and oxygen atoms in total. The number of sulfonamides is 1. The molecule has 0 aliphatic carbocycles. The molecule has 9 heteroatoms. The van der Waals surface area contributed by atoms with E-state index in [-0.39, 0.29) is 10.8 Å². The highest BCUT2D eigenvalue weighted by Crippen LogP contribution is 2.29. The minimum Gasteiger partial charge on any atom is -0.495 e. The number of aromatic nitrogens is 1. The number of methoxy groups -OCH3 is 1. The number of amides is 1. The minimum atomic E-state index is -3.84. The summed E-state index contributed by atoms with van der Waals surface area (Å²) in [7, 11) is -2.36. The molecule has 1 N–H and O–H groups in total. The Hall–Kier alpha value is -2.19. The quantitative estimate of drug-likeness (QED) is 0.812. The second kappa shape index (κ2) is 7.20. The number of nitrogens with zero attached hydrogens (tertiary/aromatic N) is 2. The van der Waals surface area contributed by atoms with Gasteiger partial charge in [0.05, 0.1) is 17.8 Å². The number of nitrogens with one attached hydrogen (secondary N) is 1. The van der Waals surface area contributed by atoms with Crippen LogP contribution in [0.3, 0.4) is 0 Å². The Morgan fingerprint density at radius 2 is 2.04 bits per heavy atom. The molecule has 0 unspecified atom stereocenters. The van der Waals surface area contributed by atoms with Gasteiger partial charge >= 0.3 is 0 Å². The van der Waals surface area contributed by atoms with Crippen LogP contribution in [0.4, 0.5) is 5.69 Å². The van der Waals surface area contributed by atoms with Gasteiger partial charge in [0.2, 0.25) is 0 Å². The van der Waals surface area contributed by atoms with Crippen LogP contribution in [0.1, 0.15) is 23.8 Å². The van der Waals surface area contributed by atoms with Gasteiger partial charge in [-0.25, -0.2) is 8.42 Å². The number of benzene rings is 1. The number of carbonyl (C=O) groups excluding carboxylic acids is 1. The summed E-state index contributed by atoms with van der Waals surface area (Å²) >= 11 is 6.04. The molecule has 26 heavy (non-hydrogen) atoms. The number of carbonyl (C=O) groups is 1. The van der Waals surface area contributed by atoms with Crippen LogP contribution in [0.5, 0.6) is 5.75 Å². The first-order valence-corrected chi connectivity index (χ1v) is 10.1. The van der Waals surface area contributed by atoms with Crippen molar-refractivity contribution in [1.82, 2.24) is 9.47 Å². The normalized spacial score (nSPS) is 14.3. The Bertz CT molecular complexity index is 939. The van der Waals surface area contributed by atoms with E-state index in [2.05, 4.69) is 4.72 Å². The highest BCUT2D eigenvalue weighted by molar-refractivity contribution is 7.92. The molecular formula is C17H20ClN3O4S. The van der Waals surface area contributed by atoms with Gasteiger partial charge in [0, 0.05) is 25.8 Å². The summed E-state index contributed by atoms with van der Waals surface area (Å²) < 4.78 is 34.6. The van der Waals surface area contributed by atoms with Crippen LogP contribution in [0, 0.1) is 0 Å². The molecule has 1 aliphatic heterocycles. The Kier molecular flexibility index (Phi) is 5.15. The number of halogens is 1. The maximum Gasteiger partial charge on any atom is 0.270 e. The van der Waals surface area contributed by atoms with E-state index in [9.17, 15) is 13.2 Å². The zero-order valence-corrected chi connectivity index (χ0v) is 16.1. The van der Waals surface area contributed by atoms with Crippen molar-refractivity contribution >= 4 is 33.2 Å². The van der Waals surface area contributed by atoms with Crippen LogP contribution in [0.2, 0.25) is 5.02 Å².